The summed E-state index contributed by atoms with van der Waals surface area (Å²) >= 11 is 0. The fourth-order valence-corrected chi connectivity index (χ4v) is 3.50. The van der Waals surface area contributed by atoms with Crippen molar-refractivity contribution >= 4 is 13.8 Å². The number of hydrogen-bond donors (Lipinski definition) is 2. The zero-order chi connectivity index (χ0) is 25.4. The van der Waals surface area contributed by atoms with Crippen molar-refractivity contribution in [1.29, 1.82) is 0 Å². The molecule has 0 radical (unpaired) electrons. The van der Waals surface area contributed by atoms with Crippen LogP contribution < -0.4 is 11.2 Å². The van der Waals surface area contributed by atoms with Gasteiger partial charge >= 0.3 is 19.5 Å². The Balaban J connectivity index is 0.00000265. The predicted octanol–water partition coefficient (Wildman–Crippen LogP) is 2.60. The van der Waals surface area contributed by atoms with Crippen LogP contribution in [0.5, 0.6) is 0 Å². The normalized spacial score (nSPS) is 22.2. The van der Waals surface area contributed by atoms with E-state index >= 15 is 0 Å². The topological polar surface area (TPSA) is 146 Å². The highest BCUT2D eigenvalue weighted by atomic mass is 31.2. The fraction of sp³-hybridized carbons (Fsp3) is 0.737. The Labute approximate surface area is 189 Å². The van der Waals surface area contributed by atoms with Crippen LogP contribution in [-0.4, -0.2) is 51.8 Å². The van der Waals surface area contributed by atoms with Crippen molar-refractivity contribution in [3.05, 3.63) is 33.1 Å². The van der Waals surface area contributed by atoms with Gasteiger partial charge in [0.1, 0.15) is 0 Å². The number of carbonyl (C=O) groups excluding carboxylic acids is 1. The minimum absolute atomic E-state index is 0.0780. The lowest BCUT2D eigenvalue weighted by molar-refractivity contribution is -0.152. The summed E-state index contributed by atoms with van der Waals surface area (Å²) in [6.45, 7) is 7.92. The summed E-state index contributed by atoms with van der Waals surface area (Å²) in [4.78, 5) is 46.1. The summed E-state index contributed by atoms with van der Waals surface area (Å²) in [5.41, 5.74) is -1.84. The molecule has 1 aliphatic rings. The number of ether oxygens (including phenoxy) is 2. The first-order valence-electron chi connectivity index (χ1n) is 10.5. The Morgan fingerprint density at radius 3 is 2.55 bits per heavy atom. The molecule has 1 aliphatic heterocycles. The van der Waals surface area contributed by atoms with E-state index in [1.165, 1.54) is 0 Å². The Morgan fingerprint density at radius 2 is 1.97 bits per heavy atom. The van der Waals surface area contributed by atoms with E-state index in [4.69, 9.17) is 18.5 Å². The Kier molecular flexibility index (Phi) is 11.0. The van der Waals surface area contributed by atoms with E-state index < -0.39 is 62.2 Å². The molecule has 0 aliphatic carbocycles. The van der Waals surface area contributed by atoms with Gasteiger partial charge in [-0.05, 0) is 20.3 Å². The van der Waals surface area contributed by atoms with E-state index in [1.54, 1.807) is 20.8 Å². The Hall–Kier alpha value is -1.92. The van der Waals surface area contributed by atoms with Crippen molar-refractivity contribution < 1.29 is 41.6 Å². The van der Waals surface area contributed by atoms with Gasteiger partial charge < -0.3 is 14.4 Å². The molecule has 0 aromatic carbocycles. The lowest BCUT2D eigenvalue weighted by Gasteiger charge is -2.19. The summed E-state index contributed by atoms with van der Waals surface area (Å²) in [5.74, 6) is -4.57. The van der Waals surface area contributed by atoms with Gasteiger partial charge in [-0.25, -0.2) is 18.1 Å². The number of esters is 1. The van der Waals surface area contributed by atoms with E-state index in [0.29, 0.717) is 4.57 Å². The van der Waals surface area contributed by atoms with Gasteiger partial charge in [0.25, 0.3) is 11.5 Å². The molecule has 1 fully saturated rings. The number of nitrogens with zero attached hydrogens (tertiary/aromatic N) is 1. The first kappa shape index (κ1) is 29.1. The fourth-order valence-electron chi connectivity index (χ4n) is 2.74. The maximum atomic E-state index is 14.3. The first-order chi connectivity index (χ1) is 15.3. The average Bonchev–Trinajstić information content (AvgIpc) is 3.01. The number of phosphoric acid groups is 1. The first-order valence-corrected chi connectivity index (χ1v) is 12.0. The van der Waals surface area contributed by atoms with E-state index in [0.717, 1.165) is 12.3 Å². The molecule has 0 bridgehead atoms. The van der Waals surface area contributed by atoms with Crippen molar-refractivity contribution in [1.82, 2.24) is 9.55 Å². The van der Waals surface area contributed by atoms with Gasteiger partial charge in [-0.1, -0.05) is 20.8 Å². The average molecular weight is 500 g/mol. The summed E-state index contributed by atoms with van der Waals surface area (Å²) in [5, 5.41) is 0. The van der Waals surface area contributed by atoms with E-state index in [1.807, 2.05) is 18.8 Å². The molecule has 1 aromatic heterocycles. The van der Waals surface area contributed by atoms with Crippen molar-refractivity contribution in [2.24, 2.45) is 5.92 Å². The maximum Gasteiger partial charge on any atom is 0.472 e. The highest BCUT2D eigenvalue weighted by Crippen LogP contribution is 2.47. The van der Waals surface area contributed by atoms with Crippen LogP contribution in [0.3, 0.4) is 0 Å². The summed E-state index contributed by atoms with van der Waals surface area (Å²) in [6, 6.07) is 0.887. The van der Waals surface area contributed by atoms with Gasteiger partial charge in [0.15, 0.2) is 0 Å². The van der Waals surface area contributed by atoms with Crippen LogP contribution in [0, 0.1) is 5.92 Å². The largest absolute Gasteiger partial charge is 0.472 e. The van der Waals surface area contributed by atoms with Crippen molar-refractivity contribution in [3.8, 4) is 0 Å². The molecular formula is C19H31F2N2O9P. The molecule has 4 atom stereocenters. The number of phosphoric ester groups is 1. The minimum Gasteiger partial charge on any atom is -0.463 e. The number of aromatic amines is 1. The standard InChI is InChI=1S/C17H25F2N2O9P.C2H6/c1-10(2)29-14(23)11(3)5-7-27-31(25,26)28-9-12-8-17(18,19)15(30-12)21-6-4-13(22)20-16(21)24;1-2/h4,6,10-12,15H,5,7-9H2,1-3H3,(H,25,26)(H,20,22,24);1-2H3/t11?,12?,15-;/m1./s1. The van der Waals surface area contributed by atoms with E-state index in [2.05, 4.69) is 0 Å². The monoisotopic (exact) mass is 500 g/mol. The van der Waals surface area contributed by atoms with Crippen molar-refractivity contribution in [2.45, 2.75) is 71.8 Å². The molecule has 0 spiro atoms. The highest BCUT2D eigenvalue weighted by molar-refractivity contribution is 7.47. The molecule has 0 saturated carbocycles. The van der Waals surface area contributed by atoms with Crippen LogP contribution in [0.15, 0.2) is 21.9 Å². The number of hydrogen-bond acceptors (Lipinski definition) is 8. The predicted molar refractivity (Wildman–Crippen MR) is 113 cm³/mol. The zero-order valence-corrected chi connectivity index (χ0v) is 20.1. The number of alkyl halides is 2. The van der Waals surface area contributed by atoms with Gasteiger partial charge in [0.2, 0.25) is 6.23 Å². The molecule has 0 amide bonds. The lowest BCUT2D eigenvalue weighted by Crippen LogP contribution is -2.37. The molecule has 1 aromatic rings. The van der Waals surface area contributed by atoms with Crippen LogP contribution in [0.4, 0.5) is 8.78 Å². The molecule has 2 rings (SSSR count). The molecule has 33 heavy (non-hydrogen) atoms. The number of nitrogens with one attached hydrogen (secondary N) is 1. The molecule has 2 N–H and O–H groups in total. The SMILES string of the molecule is CC.CC(C)OC(=O)C(C)CCOP(=O)(O)OCC1CC(F)(F)[C@H](n2ccc(=O)[nH]c2=O)O1. The highest BCUT2D eigenvalue weighted by Gasteiger charge is 2.52. The summed E-state index contributed by atoms with van der Waals surface area (Å²) < 4.78 is 60.6. The minimum atomic E-state index is -4.60. The van der Waals surface area contributed by atoms with Gasteiger partial charge in [-0.3, -0.25) is 28.2 Å². The smallest absolute Gasteiger partial charge is 0.463 e. The molecule has 1 saturated heterocycles. The third-order valence-corrected chi connectivity index (χ3v) is 5.25. The second-order valence-electron chi connectivity index (χ2n) is 7.37. The van der Waals surface area contributed by atoms with E-state index in [9.17, 15) is 32.6 Å². The second-order valence-corrected chi connectivity index (χ2v) is 8.82. The number of rotatable bonds is 10. The van der Waals surface area contributed by atoms with Crippen LogP contribution in [0.1, 0.15) is 53.7 Å². The van der Waals surface area contributed by atoms with Gasteiger partial charge in [0, 0.05) is 18.7 Å². The summed E-state index contributed by atoms with van der Waals surface area (Å²) in [6.07, 6.45) is -3.58. The number of aromatic nitrogens is 2. The third-order valence-electron chi connectivity index (χ3n) is 4.27. The Morgan fingerprint density at radius 1 is 1.33 bits per heavy atom. The Bertz CT molecular complexity index is 934. The number of halogens is 2. The molecule has 3 unspecified atom stereocenters. The van der Waals surface area contributed by atoms with Crippen LogP contribution in [-0.2, 0) is 27.9 Å². The van der Waals surface area contributed by atoms with Crippen LogP contribution in [0.2, 0.25) is 0 Å². The summed E-state index contributed by atoms with van der Waals surface area (Å²) in [7, 11) is -4.60. The van der Waals surface area contributed by atoms with Gasteiger partial charge in [0.05, 0.1) is 31.3 Å². The van der Waals surface area contributed by atoms with Crippen LogP contribution in [0.25, 0.3) is 0 Å². The quantitative estimate of drug-likeness (QED) is 0.366. The van der Waals surface area contributed by atoms with Gasteiger partial charge in [-0.2, -0.15) is 0 Å². The molecule has 190 valence electrons. The molecular weight excluding hydrogens is 469 g/mol. The number of carbonyl (C=O) groups is 1. The third kappa shape index (κ3) is 9.09. The lowest BCUT2D eigenvalue weighted by atomic mass is 10.1. The van der Waals surface area contributed by atoms with Gasteiger partial charge in [-0.15, -0.1) is 0 Å². The second kappa shape index (κ2) is 12.5. The van der Waals surface area contributed by atoms with E-state index in [-0.39, 0.29) is 19.1 Å². The zero-order valence-electron chi connectivity index (χ0n) is 19.2. The number of H-pyrrole nitrogens is 1. The van der Waals surface area contributed by atoms with Crippen molar-refractivity contribution in [3.63, 3.8) is 0 Å². The van der Waals surface area contributed by atoms with Crippen molar-refractivity contribution in [2.75, 3.05) is 13.2 Å². The molecule has 11 nitrogen and oxygen atoms in total. The molecule has 2 heterocycles. The van der Waals surface area contributed by atoms with Crippen LogP contribution >= 0.6 is 7.82 Å². The molecule has 14 heteroatoms. The maximum absolute atomic E-state index is 14.3.